The van der Waals surface area contributed by atoms with E-state index in [0.717, 1.165) is 18.0 Å². The van der Waals surface area contributed by atoms with Crippen LogP contribution in [0.5, 0.6) is 0 Å². The molecule has 0 amide bonds. The molecule has 21 heavy (non-hydrogen) atoms. The monoisotopic (exact) mass is 301 g/mol. The van der Waals surface area contributed by atoms with Crippen molar-refractivity contribution in [3.8, 4) is 0 Å². The zero-order valence-corrected chi connectivity index (χ0v) is 13.8. The Labute approximate surface area is 133 Å². The molecule has 0 aromatic heterocycles. The van der Waals surface area contributed by atoms with Crippen LogP contribution in [0.1, 0.15) is 49.4 Å². The largest absolute Gasteiger partial charge is 0.310 e. The first kappa shape index (κ1) is 16.1. The van der Waals surface area contributed by atoms with Crippen LogP contribution < -0.4 is 5.32 Å². The molecule has 0 heterocycles. The summed E-state index contributed by atoms with van der Waals surface area (Å²) in [6.07, 6.45) is 0.911. The van der Waals surface area contributed by atoms with Crippen LogP contribution in [0.25, 0.3) is 0 Å². The van der Waals surface area contributed by atoms with Gasteiger partial charge in [-0.05, 0) is 41.6 Å². The van der Waals surface area contributed by atoms with Crippen LogP contribution in [0.2, 0.25) is 5.02 Å². The van der Waals surface area contributed by atoms with E-state index in [1.165, 1.54) is 16.7 Å². The summed E-state index contributed by atoms with van der Waals surface area (Å²) in [5, 5.41) is 4.41. The predicted octanol–water partition coefficient (Wildman–Crippen LogP) is 5.36. The van der Waals surface area contributed by atoms with Crippen LogP contribution in [-0.2, 0) is 6.42 Å². The summed E-state index contributed by atoms with van der Waals surface area (Å²) in [5.74, 6) is 0.570. The first-order chi connectivity index (χ1) is 10.1. The van der Waals surface area contributed by atoms with Crippen molar-refractivity contribution in [1.82, 2.24) is 5.32 Å². The van der Waals surface area contributed by atoms with Crippen molar-refractivity contribution >= 4 is 11.6 Å². The number of nitrogens with one attached hydrogen (secondary N) is 1. The SMILES string of the molecule is CCNC(Cc1ccccc1Cl)c1ccc(C(C)C)cc1. The number of halogens is 1. The molecular formula is C19H24ClN. The van der Waals surface area contributed by atoms with Gasteiger partial charge in [-0.3, -0.25) is 0 Å². The van der Waals surface area contributed by atoms with Crippen LogP contribution in [0, 0.1) is 0 Å². The first-order valence-electron chi connectivity index (χ1n) is 7.68. The topological polar surface area (TPSA) is 12.0 Å². The Balaban J connectivity index is 2.20. The van der Waals surface area contributed by atoms with Crippen molar-refractivity contribution in [3.05, 3.63) is 70.2 Å². The Bertz CT molecular complexity index is 560. The van der Waals surface area contributed by atoms with Gasteiger partial charge in [0.2, 0.25) is 0 Å². The summed E-state index contributed by atoms with van der Waals surface area (Å²) >= 11 is 6.29. The first-order valence-corrected chi connectivity index (χ1v) is 8.06. The van der Waals surface area contributed by atoms with Crippen molar-refractivity contribution in [2.24, 2.45) is 0 Å². The molecule has 0 spiro atoms. The van der Waals surface area contributed by atoms with E-state index in [-0.39, 0.29) is 0 Å². The van der Waals surface area contributed by atoms with Crippen molar-refractivity contribution in [1.29, 1.82) is 0 Å². The molecule has 0 aliphatic carbocycles. The minimum atomic E-state index is 0.302. The van der Waals surface area contributed by atoms with Crippen molar-refractivity contribution < 1.29 is 0 Å². The Morgan fingerprint density at radius 3 is 2.14 bits per heavy atom. The van der Waals surface area contributed by atoms with E-state index in [1.54, 1.807) is 0 Å². The van der Waals surface area contributed by atoms with Gasteiger partial charge >= 0.3 is 0 Å². The average molecular weight is 302 g/mol. The van der Waals surface area contributed by atoms with E-state index < -0.39 is 0 Å². The highest BCUT2D eigenvalue weighted by Gasteiger charge is 2.13. The highest BCUT2D eigenvalue weighted by molar-refractivity contribution is 6.31. The molecule has 1 unspecified atom stereocenters. The molecule has 0 aliphatic rings. The standard InChI is InChI=1S/C19H24ClN/c1-4-21-19(13-17-7-5-6-8-18(17)20)16-11-9-15(10-12-16)14(2)3/h5-12,14,19,21H,4,13H2,1-3H3. The van der Waals surface area contributed by atoms with Crippen molar-refractivity contribution in [2.75, 3.05) is 6.54 Å². The number of likely N-dealkylation sites (N-methyl/N-ethyl adjacent to an activating group) is 1. The number of hydrogen-bond acceptors (Lipinski definition) is 1. The Hall–Kier alpha value is -1.31. The molecule has 0 bridgehead atoms. The number of rotatable bonds is 6. The van der Waals surface area contributed by atoms with E-state index in [1.807, 2.05) is 18.2 Å². The maximum Gasteiger partial charge on any atom is 0.0438 e. The molecule has 1 atom stereocenters. The Morgan fingerprint density at radius 1 is 0.952 bits per heavy atom. The van der Waals surface area contributed by atoms with Gasteiger partial charge < -0.3 is 5.32 Å². The molecule has 1 N–H and O–H groups in total. The van der Waals surface area contributed by atoms with Gasteiger partial charge in [0.05, 0.1) is 0 Å². The molecule has 2 aromatic rings. The van der Waals surface area contributed by atoms with Crippen LogP contribution in [0.4, 0.5) is 0 Å². The van der Waals surface area contributed by atoms with Crippen LogP contribution in [0.15, 0.2) is 48.5 Å². The molecule has 0 fully saturated rings. The summed E-state index contributed by atoms with van der Waals surface area (Å²) in [6, 6.07) is 17.3. The van der Waals surface area contributed by atoms with E-state index in [2.05, 4.69) is 56.4 Å². The van der Waals surface area contributed by atoms with Gasteiger partial charge in [0.1, 0.15) is 0 Å². The van der Waals surface area contributed by atoms with E-state index in [0.29, 0.717) is 12.0 Å². The molecule has 0 saturated carbocycles. The summed E-state index contributed by atoms with van der Waals surface area (Å²) < 4.78 is 0. The number of benzene rings is 2. The normalized spacial score (nSPS) is 12.6. The summed E-state index contributed by atoms with van der Waals surface area (Å²) in [7, 11) is 0. The Morgan fingerprint density at radius 2 is 1.57 bits per heavy atom. The summed E-state index contributed by atoms with van der Waals surface area (Å²) in [5.41, 5.74) is 3.89. The lowest BCUT2D eigenvalue weighted by atomic mass is 9.95. The second-order valence-electron chi connectivity index (χ2n) is 5.73. The third kappa shape index (κ3) is 4.33. The molecule has 2 aromatic carbocycles. The maximum atomic E-state index is 6.29. The fraction of sp³-hybridized carbons (Fsp3) is 0.368. The zero-order chi connectivity index (χ0) is 15.2. The lowest BCUT2D eigenvalue weighted by Gasteiger charge is -2.20. The van der Waals surface area contributed by atoms with Crippen LogP contribution in [-0.4, -0.2) is 6.54 Å². The third-order valence-electron chi connectivity index (χ3n) is 3.84. The van der Waals surface area contributed by atoms with Gasteiger partial charge in [0.15, 0.2) is 0 Å². The number of hydrogen-bond donors (Lipinski definition) is 1. The molecule has 0 aliphatic heterocycles. The van der Waals surface area contributed by atoms with Crippen LogP contribution in [0.3, 0.4) is 0 Å². The second kappa shape index (κ2) is 7.63. The smallest absolute Gasteiger partial charge is 0.0438 e. The minimum Gasteiger partial charge on any atom is -0.310 e. The molecule has 112 valence electrons. The van der Waals surface area contributed by atoms with Crippen LogP contribution >= 0.6 is 11.6 Å². The average Bonchev–Trinajstić information content (AvgIpc) is 2.49. The van der Waals surface area contributed by atoms with Gasteiger partial charge in [-0.2, -0.15) is 0 Å². The predicted molar refractivity (Wildman–Crippen MR) is 92.1 cm³/mol. The molecular weight excluding hydrogens is 278 g/mol. The van der Waals surface area contributed by atoms with Gasteiger partial charge in [0.25, 0.3) is 0 Å². The Kier molecular flexibility index (Phi) is 5.84. The lowest BCUT2D eigenvalue weighted by molar-refractivity contribution is 0.549. The molecule has 0 radical (unpaired) electrons. The molecule has 2 heteroatoms. The summed E-state index contributed by atoms with van der Waals surface area (Å²) in [6.45, 7) is 7.53. The molecule has 2 rings (SSSR count). The molecule has 0 saturated heterocycles. The van der Waals surface area contributed by atoms with Gasteiger partial charge in [0, 0.05) is 11.1 Å². The van der Waals surface area contributed by atoms with E-state index in [4.69, 9.17) is 11.6 Å². The second-order valence-corrected chi connectivity index (χ2v) is 6.13. The lowest BCUT2D eigenvalue weighted by Crippen LogP contribution is -2.23. The maximum absolute atomic E-state index is 6.29. The highest BCUT2D eigenvalue weighted by atomic mass is 35.5. The van der Waals surface area contributed by atoms with Gasteiger partial charge in [-0.25, -0.2) is 0 Å². The van der Waals surface area contributed by atoms with Crippen molar-refractivity contribution in [3.63, 3.8) is 0 Å². The fourth-order valence-corrected chi connectivity index (χ4v) is 2.76. The van der Waals surface area contributed by atoms with Gasteiger partial charge in [-0.1, -0.05) is 74.8 Å². The van der Waals surface area contributed by atoms with Crippen molar-refractivity contribution in [2.45, 2.75) is 39.2 Å². The third-order valence-corrected chi connectivity index (χ3v) is 4.21. The van der Waals surface area contributed by atoms with E-state index >= 15 is 0 Å². The summed E-state index contributed by atoms with van der Waals surface area (Å²) in [4.78, 5) is 0. The fourth-order valence-electron chi connectivity index (χ4n) is 2.55. The van der Waals surface area contributed by atoms with E-state index in [9.17, 15) is 0 Å². The quantitative estimate of drug-likeness (QED) is 0.757. The zero-order valence-electron chi connectivity index (χ0n) is 13.1. The minimum absolute atomic E-state index is 0.302. The van der Waals surface area contributed by atoms with Gasteiger partial charge in [-0.15, -0.1) is 0 Å². The highest BCUT2D eigenvalue weighted by Crippen LogP contribution is 2.25. The molecule has 1 nitrogen and oxygen atoms in total.